The SMILES string of the molecule is CC[C@H]1C[C@H](c2ccccc2)CCO1. The minimum absolute atomic E-state index is 0.481. The first-order valence-electron chi connectivity index (χ1n) is 5.56. The van der Waals surface area contributed by atoms with Crippen LogP contribution in [0.1, 0.15) is 37.7 Å². The maximum absolute atomic E-state index is 5.68. The molecule has 1 aliphatic rings. The molecule has 14 heavy (non-hydrogen) atoms. The van der Waals surface area contributed by atoms with Gasteiger partial charge in [-0.15, -0.1) is 0 Å². The van der Waals surface area contributed by atoms with Crippen molar-refractivity contribution in [3.63, 3.8) is 0 Å². The molecule has 0 unspecified atom stereocenters. The fourth-order valence-electron chi connectivity index (χ4n) is 2.19. The molecule has 76 valence electrons. The molecule has 1 fully saturated rings. The van der Waals surface area contributed by atoms with Crippen molar-refractivity contribution in [3.05, 3.63) is 35.9 Å². The third kappa shape index (κ3) is 2.16. The van der Waals surface area contributed by atoms with E-state index in [2.05, 4.69) is 37.3 Å². The number of hydrogen-bond acceptors (Lipinski definition) is 1. The summed E-state index contributed by atoms with van der Waals surface area (Å²) in [4.78, 5) is 0. The van der Waals surface area contributed by atoms with E-state index in [0.717, 1.165) is 18.9 Å². The standard InChI is InChI=1S/C13H18O/c1-2-13-10-12(8-9-14-13)11-6-4-3-5-7-11/h3-7,12-13H,2,8-10H2,1H3/t12-,13+/m1/s1. The summed E-state index contributed by atoms with van der Waals surface area (Å²) >= 11 is 0. The van der Waals surface area contributed by atoms with Gasteiger partial charge in [-0.05, 0) is 30.7 Å². The summed E-state index contributed by atoms with van der Waals surface area (Å²) in [6.45, 7) is 3.14. The van der Waals surface area contributed by atoms with Crippen LogP contribution in [-0.2, 0) is 4.74 Å². The van der Waals surface area contributed by atoms with Crippen molar-refractivity contribution < 1.29 is 4.74 Å². The summed E-state index contributed by atoms with van der Waals surface area (Å²) < 4.78 is 5.68. The molecule has 1 aromatic carbocycles. The normalized spacial score (nSPS) is 27.5. The van der Waals surface area contributed by atoms with Crippen LogP contribution in [0.25, 0.3) is 0 Å². The molecule has 0 bridgehead atoms. The van der Waals surface area contributed by atoms with E-state index in [1.165, 1.54) is 18.4 Å². The van der Waals surface area contributed by atoms with Crippen molar-refractivity contribution in [2.75, 3.05) is 6.61 Å². The molecule has 1 nitrogen and oxygen atoms in total. The van der Waals surface area contributed by atoms with Gasteiger partial charge in [-0.25, -0.2) is 0 Å². The number of rotatable bonds is 2. The molecular formula is C13H18O. The highest BCUT2D eigenvalue weighted by Gasteiger charge is 2.21. The summed E-state index contributed by atoms with van der Waals surface area (Å²) in [5, 5.41) is 0. The maximum Gasteiger partial charge on any atom is 0.0578 e. The minimum atomic E-state index is 0.481. The van der Waals surface area contributed by atoms with Gasteiger partial charge in [-0.3, -0.25) is 0 Å². The van der Waals surface area contributed by atoms with Gasteiger partial charge < -0.3 is 4.74 Å². The van der Waals surface area contributed by atoms with Crippen molar-refractivity contribution in [2.24, 2.45) is 0 Å². The Morgan fingerprint density at radius 1 is 1.29 bits per heavy atom. The minimum Gasteiger partial charge on any atom is -0.378 e. The van der Waals surface area contributed by atoms with Crippen LogP contribution in [0, 0.1) is 0 Å². The maximum atomic E-state index is 5.68. The molecule has 2 atom stereocenters. The van der Waals surface area contributed by atoms with Crippen LogP contribution < -0.4 is 0 Å². The smallest absolute Gasteiger partial charge is 0.0578 e. The van der Waals surface area contributed by atoms with Crippen LogP contribution in [0.4, 0.5) is 0 Å². The van der Waals surface area contributed by atoms with E-state index in [9.17, 15) is 0 Å². The Hall–Kier alpha value is -0.820. The summed E-state index contributed by atoms with van der Waals surface area (Å²) in [5.74, 6) is 0.717. The largest absolute Gasteiger partial charge is 0.378 e. The molecule has 1 saturated heterocycles. The number of benzene rings is 1. The fraction of sp³-hybridized carbons (Fsp3) is 0.538. The Labute approximate surface area is 86.1 Å². The molecule has 0 saturated carbocycles. The lowest BCUT2D eigenvalue weighted by molar-refractivity contribution is 0.00485. The second-order valence-corrected chi connectivity index (χ2v) is 4.03. The highest BCUT2D eigenvalue weighted by Crippen LogP contribution is 2.30. The zero-order chi connectivity index (χ0) is 9.80. The van der Waals surface area contributed by atoms with Gasteiger partial charge in [0.05, 0.1) is 6.10 Å². The van der Waals surface area contributed by atoms with Gasteiger partial charge in [0.2, 0.25) is 0 Å². The van der Waals surface area contributed by atoms with Gasteiger partial charge in [0.25, 0.3) is 0 Å². The van der Waals surface area contributed by atoms with Gasteiger partial charge in [0, 0.05) is 6.61 Å². The van der Waals surface area contributed by atoms with E-state index in [1.807, 2.05) is 0 Å². The van der Waals surface area contributed by atoms with Crippen LogP contribution in [0.2, 0.25) is 0 Å². The van der Waals surface area contributed by atoms with Crippen molar-refractivity contribution in [1.82, 2.24) is 0 Å². The summed E-state index contributed by atoms with van der Waals surface area (Å²) in [6, 6.07) is 10.8. The fourth-order valence-corrected chi connectivity index (χ4v) is 2.19. The Bertz CT molecular complexity index is 268. The molecule has 0 radical (unpaired) electrons. The third-order valence-corrected chi connectivity index (χ3v) is 3.09. The molecule has 0 aliphatic carbocycles. The highest BCUT2D eigenvalue weighted by atomic mass is 16.5. The van der Waals surface area contributed by atoms with Crippen LogP contribution in [0.15, 0.2) is 30.3 Å². The van der Waals surface area contributed by atoms with Crippen LogP contribution in [-0.4, -0.2) is 12.7 Å². The van der Waals surface area contributed by atoms with E-state index in [0.29, 0.717) is 6.10 Å². The van der Waals surface area contributed by atoms with Crippen molar-refractivity contribution in [2.45, 2.75) is 38.2 Å². The Kier molecular flexibility index (Phi) is 3.20. The molecular weight excluding hydrogens is 172 g/mol. The van der Waals surface area contributed by atoms with Crippen molar-refractivity contribution in [1.29, 1.82) is 0 Å². The van der Waals surface area contributed by atoms with Gasteiger partial charge >= 0.3 is 0 Å². The van der Waals surface area contributed by atoms with Crippen LogP contribution in [0.5, 0.6) is 0 Å². The Balaban J connectivity index is 2.04. The summed E-state index contributed by atoms with van der Waals surface area (Å²) in [5.41, 5.74) is 1.48. The van der Waals surface area contributed by atoms with E-state index >= 15 is 0 Å². The summed E-state index contributed by atoms with van der Waals surface area (Å²) in [6.07, 6.45) is 4.00. The van der Waals surface area contributed by atoms with E-state index in [1.54, 1.807) is 0 Å². The monoisotopic (exact) mass is 190 g/mol. The van der Waals surface area contributed by atoms with Gasteiger partial charge in [-0.2, -0.15) is 0 Å². The lowest BCUT2D eigenvalue weighted by Gasteiger charge is -2.29. The molecule has 1 aliphatic heterocycles. The Morgan fingerprint density at radius 2 is 2.07 bits per heavy atom. The van der Waals surface area contributed by atoms with E-state index in [4.69, 9.17) is 4.74 Å². The highest BCUT2D eigenvalue weighted by molar-refractivity contribution is 5.19. The van der Waals surface area contributed by atoms with Crippen LogP contribution >= 0.6 is 0 Å². The molecule has 2 rings (SSSR count). The van der Waals surface area contributed by atoms with E-state index < -0.39 is 0 Å². The average molecular weight is 190 g/mol. The third-order valence-electron chi connectivity index (χ3n) is 3.09. The topological polar surface area (TPSA) is 9.23 Å². The van der Waals surface area contributed by atoms with Gasteiger partial charge in [0.1, 0.15) is 0 Å². The van der Waals surface area contributed by atoms with E-state index in [-0.39, 0.29) is 0 Å². The lowest BCUT2D eigenvalue weighted by Crippen LogP contribution is -2.23. The molecule has 1 heteroatoms. The first-order chi connectivity index (χ1) is 6.90. The lowest BCUT2D eigenvalue weighted by atomic mass is 9.88. The van der Waals surface area contributed by atoms with Crippen molar-refractivity contribution >= 4 is 0 Å². The number of hydrogen-bond donors (Lipinski definition) is 0. The predicted octanol–water partition coefficient (Wildman–Crippen LogP) is 3.36. The summed E-state index contributed by atoms with van der Waals surface area (Å²) in [7, 11) is 0. The first kappa shape index (κ1) is 9.72. The van der Waals surface area contributed by atoms with Crippen molar-refractivity contribution in [3.8, 4) is 0 Å². The van der Waals surface area contributed by atoms with Gasteiger partial charge in [0.15, 0.2) is 0 Å². The zero-order valence-electron chi connectivity index (χ0n) is 8.78. The predicted molar refractivity (Wildman–Crippen MR) is 58.4 cm³/mol. The second kappa shape index (κ2) is 4.61. The molecule has 1 heterocycles. The van der Waals surface area contributed by atoms with Crippen LogP contribution in [0.3, 0.4) is 0 Å². The molecule has 0 amide bonds. The molecule has 1 aromatic rings. The second-order valence-electron chi connectivity index (χ2n) is 4.03. The number of ether oxygens (including phenoxy) is 1. The molecule has 0 spiro atoms. The van der Waals surface area contributed by atoms with Gasteiger partial charge in [-0.1, -0.05) is 37.3 Å². The Morgan fingerprint density at radius 3 is 2.79 bits per heavy atom. The average Bonchev–Trinajstić information content (AvgIpc) is 2.30. The quantitative estimate of drug-likeness (QED) is 0.695. The molecule has 0 aromatic heterocycles. The zero-order valence-corrected chi connectivity index (χ0v) is 8.78. The molecule has 0 N–H and O–H groups in total. The first-order valence-corrected chi connectivity index (χ1v) is 5.56.